The molecule has 1 aliphatic carbocycles. The summed E-state index contributed by atoms with van der Waals surface area (Å²) in [7, 11) is 0. The minimum Gasteiger partial charge on any atom is -0.367 e. The normalized spacial score (nSPS) is 16.7. The fourth-order valence-electron chi connectivity index (χ4n) is 2.78. The van der Waals surface area contributed by atoms with Crippen LogP contribution in [-0.4, -0.2) is 10.9 Å². The van der Waals surface area contributed by atoms with Crippen molar-refractivity contribution in [2.45, 2.75) is 57.9 Å². The van der Waals surface area contributed by atoms with Crippen molar-refractivity contribution in [3.8, 4) is 0 Å². The van der Waals surface area contributed by atoms with Crippen molar-refractivity contribution >= 4 is 5.91 Å². The molecule has 3 nitrogen and oxygen atoms in total. The molecule has 1 aromatic heterocycles. The van der Waals surface area contributed by atoms with Crippen LogP contribution in [0.4, 0.5) is 0 Å². The van der Waals surface area contributed by atoms with Gasteiger partial charge in [0.05, 0.1) is 0 Å². The molecule has 0 saturated heterocycles. The molecule has 2 rings (SSSR count). The maximum absolute atomic E-state index is 11.7. The molecule has 18 heavy (non-hydrogen) atoms. The van der Waals surface area contributed by atoms with Crippen molar-refractivity contribution in [2.24, 2.45) is 5.92 Å². The van der Waals surface area contributed by atoms with Crippen LogP contribution in [0, 0.1) is 5.92 Å². The van der Waals surface area contributed by atoms with Crippen LogP contribution < -0.4 is 5.32 Å². The van der Waals surface area contributed by atoms with E-state index in [4.69, 9.17) is 0 Å². The lowest BCUT2D eigenvalue weighted by Gasteiger charge is -2.21. The van der Waals surface area contributed by atoms with Gasteiger partial charge in [0.25, 0.3) is 0 Å². The highest BCUT2D eigenvalue weighted by Crippen LogP contribution is 2.27. The lowest BCUT2D eigenvalue weighted by Crippen LogP contribution is -2.22. The molecule has 100 valence electrons. The molecule has 0 atom stereocenters. The van der Waals surface area contributed by atoms with E-state index in [9.17, 15) is 4.79 Å². The Bertz CT molecular complexity index is 339. The first-order chi connectivity index (χ1) is 8.84. The van der Waals surface area contributed by atoms with Crippen LogP contribution >= 0.6 is 0 Å². The number of carbonyl (C=O) groups is 1. The summed E-state index contributed by atoms with van der Waals surface area (Å²) in [6.45, 7) is 0.645. The molecule has 1 fully saturated rings. The second kappa shape index (κ2) is 7.24. The number of H-pyrrole nitrogens is 1. The molecule has 0 bridgehead atoms. The van der Waals surface area contributed by atoms with Gasteiger partial charge in [-0.2, -0.15) is 0 Å². The Morgan fingerprint density at radius 3 is 2.89 bits per heavy atom. The molecule has 1 amide bonds. The number of carbonyl (C=O) groups excluding carboxylic acids is 1. The number of amides is 1. The number of aromatic amines is 1. The highest BCUT2D eigenvalue weighted by Gasteiger charge is 2.13. The highest BCUT2D eigenvalue weighted by atomic mass is 16.1. The maximum atomic E-state index is 11.7. The van der Waals surface area contributed by atoms with Gasteiger partial charge in [-0.05, 0) is 30.4 Å². The molecule has 2 N–H and O–H groups in total. The molecule has 1 saturated carbocycles. The predicted octanol–water partition coefficient (Wildman–Crippen LogP) is 3.38. The lowest BCUT2D eigenvalue weighted by molar-refractivity contribution is -0.121. The average molecular weight is 248 g/mol. The molecule has 1 aromatic rings. The number of nitrogens with one attached hydrogen (secondary N) is 2. The lowest BCUT2D eigenvalue weighted by atomic mass is 9.86. The van der Waals surface area contributed by atoms with E-state index >= 15 is 0 Å². The van der Waals surface area contributed by atoms with Crippen LogP contribution in [0.15, 0.2) is 18.5 Å². The van der Waals surface area contributed by atoms with Crippen molar-refractivity contribution in [1.29, 1.82) is 0 Å². The minimum absolute atomic E-state index is 0.187. The summed E-state index contributed by atoms with van der Waals surface area (Å²) < 4.78 is 0. The summed E-state index contributed by atoms with van der Waals surface area (Å²) in [5.41, 5.74) is 1.13. The Labute approximate surface area is 109 Å². The molecule has 0 spiro atoms. The fourth-order valence-corrected chi connectivity index (χ4v) is 2.78. The summed E-state index contributed by atoms with van der Waals surface area (Å²) >= 11 is 0. The number of hydrogen-bond donors (Lipinski definition) is 2. The molecule has 0 unspecified atom stereocenters. The monoisotopic (exact) mass is 248 g/mol. The van der Waals surface area contributed by atoms with Crippen molar-refractivity contribution in [2.75, 3.05) is 0 Å². The zero-order valence-corrected chi connectivity index (χ0v) is 11.1. The quantitative estimate of drug-likeness (QED) is 0.796. The van der Waals surface area contributed by atoms with Crippen molar-refractivity contribution in [3.05, 3.63) is 24.0 Å². The van der Waals surface area contributed by atoms with Gasteiger partial charge in [0, 0.05) is 25.4 Å². The van der Waals surface area contributed by atoms with E-state index < -0.39 is 0 Å². The van der Waals surface area contributed by atoms with E-state index in [1.165, 1.54) is 38.5 Å². The van der Waals surface area contributed by atoms with Crippen molar-refractivity contribution < 1.29 is 4.79 Å². The van der Waals surface area contributed by atoms with Crippen molar-refractivity contribution in [3.63, 3.8) is 0 Å². The highest BCUT2D eigenvalue weighted by molar-refractivity contribution is 5.75. The second-order valence-corrected chi connectivity index (χ2v) is 5.39. The number of rotatable bonds is 6. The van der Waals surface area contributed by atoms with Crippen LogP contribution in [-0.2, 0) is 11.3 Å². The minimum atomic E-state index is 0.187. The molecule has 0 radical (unpaired) electrons. The van der Waals surface area contributed by atoms with Gasteiger partial charge in [-0.25, -0.2) is 0 Å². The van der Waals surface area contributed by atoms with Crippen LogP contribution in [0.2, 0.25) is 0 Å². The zero-order valence-electron chi connectivity index (χ0n) is 11.1. The van der Waals surface area contributed by atoms with Gasteiger partial charge in [0.1, 0.15) is 0 Å². The van der Waals surface area contributed by atoms with Gasteiger partial charge in [-0.1, -0.05) is 32.1 Å². The first-order valence-electron chi connectivity index (χ1n) is 7.23. The summed E-state index contributed by atoms with van der Waals surface area (Å²) in [5.74, 6) is 1.07. The fraction of sp³-hybridized carbons (Fsp3) is 0.667. The largest absolute Gasteiger partial charge is 0.367 e. The predicted molar refractivity (Wildman–Crippen MR) is 73.1 cm³/mol. The zero-order chi connectivity index (χ0) is 12.6. The van der Waals surface area contributed by atoms with Gasteiger partial charge in [-0.3, -0.25) is 4.79 Å². The van der Waals surface area contributed by atoms with E-state index in [1.54, 1.807) is 0 Å². The van der Waals surface area contributed by atoms with Gasteiger partial charge < -0.3 is 10.3 Å². The van der Waals surface area contributed by atoms with Crippen LogP contribution in [0.25, 0.3) is 0 Å². The summed E-state index contributed by atoms with van der Waals surface area (Å²) in [4.78, 5) is 14.6. The Balaban J connectivity index is 1.54. The third-order valence-corrected chi connectivity index (χ3v) is 3.89. The van der Waals surface area contributed by atoms with E-state index in [0.29, 0.717) is 13.0 Å². The maximum Gasteiger partial charge on any atom is 0.220 e. The number of aromatic nitrogens is 1. The standard InChI is InChI=1S/C15H24N2O/c18-15(17-12-14-9-10-16-11-14)8-4-7-13-5-2-1-3-6-13/h9-11,13,16H,1-8,12H2,(H,17,18). The SMILES string of the molecule is O=C(CCCC1CCCCC1)NCc1cc[nH]c1. The first kappa shape index (κ1) is 13.2. The summed E-state index contributed by atoms with van der Waals surface area (Å²) in [6.07, 6.45) is 13.7. The second-order valence-electron chi connectivity index (χ2n) is 5.39. The number of hydrogen-bond acceptors (Lipinski definition) is 1. The first-order valence-corrected chi connectivity index (χ1v) is 7.23. The van der Waals surface area contributed by atoms with Gasteiger partial charge >= 0.3 is 0 Å². The van der Waals surface area contributed by atoms with Gasteiger partial charge in [0.15, 0.2) is 0 Å². The smallest absolute Gasteiger partial charge is 0.220 e. The Kier molecular flexibility index (Phi) is 5.31. The Morgan fingerprint density at radius 2 is 2.17 bits per heavy atom. The van der Waals surface area contributed by atoms with Gasteiger partial charge in [0.2, 0.25) is 5.91 Å². The van der Waals surface area contributed by atoms with Crippen LogP contribution in [0.1, 0.15) is 56.9 Å². The third-order valence-electron chi connectivity index (χ3n) is 3.89. The van der Waals surface area contributed by atoms with E-state index in [1.807, 2.05) is 18.5 Å². The average Bonchev–Trinajstić information content (AvgIpc) is 2.91. The molecule has 1 heterocycles. The van der Waals surface area contributed by atoms with Gasteiger partial charge in [-0.15, -0.1) is 0 Å². The molecular formula is C15H24N2O. The summed E-state index contributed by atoms with van der Waals surface area (Å²) in [5, 5.41) is 2.96. The Hall–Kier alpha value is -1.25. The summed E-state index contributed by atoms with van der Waals surface area (Å²) in [6, 6.07) is 1.99. The van der Waals surface area contributed by atoms with Crippen molar-refractivity contribution in [1.82, 2.24) is 10.3 Å². The molecule has 3 heteroatoms. The van der Waals surface area contributed by atoms with E-state index in [0.717, 1.165) is 17.9 Å². The molecular weight excluding hydrogens is 224 g/mol. The molecule has 0 aromatic carbocycles. The molecule has 0 aliphatic heterocycles. The van der Waals surface area contributed by atoms with E-state index in [2.05, 4.69) is 10.3 Å². The third kappa shape index (κ3) is 4.55. The molecule has 1 aliphatic rings. The van der Waals surface area contributed by atoms with Crippen LogP contribution in [0.5, 0.6) is 0 Å². The van der Waals surface area contributed by atoms with E-state index in [-0.39, 0.29) is 5.91 Å². The van der Waals surface area contributed by atoms with Crippen LogP contribution in [0.3, 0.4) is 0 Å². The topological polar surface area (TPSA) is 44.9 Å². The Morgan fingerprint density at radius 1 is 1.33 bits per heavy atom.